The topological polar surface area (TPSA) is 126 Å². The molecule has 0 saturated heterocycles. The number of ether oxygens (including phenoxy) is 1. The van der Waals surface area contributed by atoms with Gasteiger partial charge in [0.2, 0.25) is 11.0 Å². The number of nitro benzene ring substituents is 1. The second-order valence-corrected chi connectivity index (χ2v) is 8.65. The van der Waals surface area contributed by atoms with E-state index < -0.39 is 22.6 Å². The first-order valence-electron chi connectivity index (χ1n) is 10.1. The normalized spacial score (nSPS) is 14.2. The van der Waals surface area contributed by atoms with Crippen molar-refractivity contribution in [3.05, 3.63) is 93.0 Å². The van der Waals surface area contributed by atoms with Crippen molar-refractivity contribution in [1.82, 2.24) is 15.2 Å². The summed E-state index contributed by atoms with van der Waals surface area (Å²) in [6, 6.07) is 18.7. The fraction of sp³-hybridized carbons (Fsp3) is 0.0870. The van der Waals surface area contributed by atoms with Crippen LogP contribution in [0.25, 0.3) is 11.3 Å². The zero-order valence-electron chi connectivity index (χ0n) is 17.3. The first kappa shape index (κ1) is 21.9. The van der Waals surface area contributed by atoms with Crippen molar-refractivity contribution in [1.29, 1.82) is 0 Å². The Balaban J connectivity index is 1.51. The lowest BCUT2D eigenvalue weighted by Crippen LogP contribution is -2.17. The van der Waals surface area contributed by atoms with Gasteiger partial charge in [-0.25, -0.2) is 0 Å². The SMILES string of the molecule is O=[N+]([O-])c1cc([C@@H]2Nc3ccccc3-c3nnc(SCc4ccccc4Cl)nc3O2)ccc1[O-]. The van der Waals surface area contributed by atoms with Crippen LogP contribution in [0.3, 0.4) is 0 Å². The number of hydrogen-bond donors (Lipinski definition) is 1. The molecule has 0 radical (unpaired) electrons. The minimum Gasteiger partial charge on any atom is -0.868 e. The van der Waals surface area contributed by atoms with Gasteiger partial charge in [-0.15, -0.1) is 10.2 Å². The minimum atomic E-state index is -0.847. The molecule has 9 nitrogen and oxygen atoms in total. The maximum absolute atomic E-state index is 11.9. The van der Waals surface area contributed by atoms with Crippen LogP contribution in [0.15, 0.2) is 71.9 Å². The standard InChI is InChI=1S/C23H16ClN5O4S/c24-16-7-3-1-5-14(16)12-34-23-26-22-20(27-28-23)15-6-2-4-8-17(15)25-21(33-22)13-9-10-19(30)18(11-13)29(31)32/h1-11,21,25,30H,12H2/p-1/t21-/m1/s1. The molecular weight excluding hydrogens is 478 g/mol. The Morgan fingerprint density at radius 2 is 1.88 bits per heavy atom. The maximum atomic E-state index is 11.9. The number of thioether (sulfide) groups is 1. The Morgan fingerprint density at radius 1 is 1.09 bits per heavy atom. The fourth-order valence-electron chi connectivity index (χ4n) is 3.46. The molecule has 0 saturated carbocycles. The third-order valence-electron chi connectivity index (χ3n) is 5.13. The first-order chi connectivity index (χ1) is 16.5. The number of aromatic nitrogens is 3. The Labute approximate surface area is 202 Å². The van der Waals surface area contributed by atoms with E-state index in [4.69, 9.17) is 16.3 Å². The summed E-state index contributed by atoms with van der Waals surface area (Å²) in [5.74, 6) is 0.0774. The number of benzene rings is 3. The van der Waals surface area contributed by atoms with Crippen LogP contribution in [-0.2, 0) is 5.75 Å². The monoisotopic (exact) mass is 492 g/mol. The molecule has 11 heteroatoms. The smallest absolute Gasteiger partial charge is 0.262 e. The van der Waals surface area contributed by atoms with Crippen molar-refractivity contribution in [3.8, 4) is 22.9 Å². The van der Waals surface area contributed by atoms with E-state index in [1.807, 2.05) is 48.5 Å². The predicted octanol–water partition coefficient (Wildman–Crippen LogP) is 4.97. The molecule has 1 aromatic heterocycles. The molecule has 0 bridgehead atoms. The number of nitrogens with zero attached hydrogens (tertiary/aromatic N) is 4. The number of nitro groups is 1. The highest BCUT2D eigenvalue weighted by atomic mass is 35.5. The summed E-state index contributed by atoms with van der Waals surface area (Å²) in [7, 11) is 0. The summed E-state index contributed by atoms with van der Waals surface area (Å²) in [6.07, 6.45) is -0.847. The van der Waals surface area contributed by atoms with E-state index in [0.29, 0.717) is 32.9 Å². The molecule has 0 spiro atoms. The van der Waals surface area contributed by atoms with Gasteiger partial charge in [-0.1, -0.05) is 71.9 Å². The van der Waals surface area contributed by atoms with Gasteiger partial charge in [0.25, 0.3) is 5.69 Å². The lowest BCUT2D eigenvalue weighted by molar-refractivity contribution is -0.398. The molecule has 1 aliphatic rings. The molecule has 1 atom stereocenters. The highest BCUT2D eigenvalue weighted by Crippen LogP contribution is 2.40. The largest absolute Gasteiger partial charge is 0.868 e. The second-order valence-electron chi connectivity index (χ2n) is 7.30. The van der Waals surface area contributed by atoms with Crippen LogP contribution in [0.5, 0.6) is 11.6 Å². The van der Waals surface area contributed by atoms with Crippen molar-refractivity contribution in [2.24, 2.45) is 0 Å². The van der Waals surface area contributed by atoms with Crippen LogP contribution < -0.4 is 15.2 Å². The molecule has 3 aromatic carbocycles. The summed E-state index contributed by atoms with van der Waals surface area (Å²) >= 11 is 7.60. The molecule has 4 aromatic rings. The van der Waals surface area contributed by atoms with Crippen molar-refractivity contribution < 1.29 is 14.8 Å². The fourth-order valence-corrected chi connectivity index (χ4v) is 4.52. The van der Waals surface area contributed by atoms with Gasteiger partial charge in [0.15, 0.2) is 11.9 Å². The highest BCUT2D eigenvalue weighted by Gasteiger charge is 2.27. The van der Waals surface area contributed by atoms with Crippen molar-refractivity contribution in [2.75, 3.05) is 5.32 Å². The van der Waals surface area contributed by atoms with Gasteiger partial charge in [-0.05, 0) is 23.4 Å². The van der Waals surface area contributed by atoms with E-state index in [1.54, 1.807) is 0 Å². The van der Waals surface area contributed by atoms with Gasteiger partial charge in [0.05, 0.1) is 4.92 Å². The summed E-state index contributed by atoms with van der Waals surface area (Å²) in [5, 5.41) is 36.0. The summed E-state index contributed by atoms with van der Waals surface area (Å²) < 4.78 is 6.13. The van der Waals surface area contributed by atoms with Crippen LogP contribution in [0.4, 0.5) is 11.4 Å². The predicted molar refractivity (Wildman–Crippen MR) is 126 cm³/mol. The van der Waals surface area contributed by atoms with E-state index >= 15 is 0 Å². The molecule has 0 unspecified atom stereocenters. The number of fused-ring (bicyclic) bond motifs is 3. The first-order valence-corrected chi connectivity index (χ1v) is 11.4. The van der Waals surface area contributed by atoms with Gasteiger partial charge < -0.3 is 15.2 Å². The number of rotatable bonds is 5. The molecular formula is C23H15ClN5O4S-. The number of hydrogen-bond acceptors (Lipinski definition) is 9. The second kappa shape index (κ2) is 9.16. The molecule has 0 fully saturated rings. The third-order valence-corrected chi connectivity index (χ3v) is 6.39. The van der Waals surface area contributed by atoms with Gasteiger partial charge >= 0.3 is 0 Å². The van der Waals surface area contributed by atoms with E-state index in [1.165, 1.54) is 23.9 Å². The van der Waals surface area contributed by atoms with Gasteiger partial charge in [0, 0.05) is 33.7 Å². The minimum absolute atomic E-state index is 0.216. The molecule has 0 aliphatic carbocycles. The lowest BCUT2D eigenvalue weighted by atomic mass is 10.1. The summed E-state index contributed by atoms with van der Waals surface area (Å²) in [4.78, 5) is 15.1. The van der Waals surface area contributed by atoms with Crippen molar-refractivity contribution >= 4 is 34.7 Å². The van der Waals surface area contributed by atoms with Crippen LogP contribution >= 0.6 is 23.4 Å². The Bertz CT molecular complexity index is 1400. The third kappa shape index (κ3) is 4.33. The van der Waals surface area contributed by atoms with Gasteiger partial charge in [-0.2, -0.15) is 4.98 Å². The average Bonchev–Trinajstić information content (AvgIpc) is 3.00. The Hall–Kier alpha value is -3.89. The average molecular weight is 493 g/mol. The molecule has 0 amide bonds. The van der Waals surface area contributed by atoms with Crippen LogP contribution in [0, 0.1) is 10.1 Å². The van der Waals surface area contributed by atoms with Crippen LogP contribution in [-0.4, -0.2) is 20.1 Å². The molecule has 34 heavy (non-hydrogen) atoms. The van der Waals surface area contributed by atoms with Gasteiger partial charge in [-0.3, -0.25) is 10.1 Å². The molecule has 2 heterocycles. The van der Waals surface area contributed by atoms with E-state index in [-0.39, 0.29) is 5.88 Å². The number of nitrogens with one attached hydrogen (secondary N) is 1. The quantitative estimate of drug-likeness (QED) is 0.233. The number of anilines is 1. The van der Waals surface area contributed by atoms with Crippen molar-refractivity contribution in [2.45, 2.75) is 17.1 Å². The van der Waals surface area contributed by atoms with Crippen LogP contribution in [0.1, 0.15) is 17.4 Å². The Kier molecular flexibility index (Phi) is 5.91. The van der Waals surface area contributed by atoms with Crippen LogP contribution in [0.2, 0.25) is 5.02 Å². The number of para-hydroxylation sites is 1. The molecule has 1 aliphatic heterocycles. The van der Waals surface area contributed by atoms with Crippen molar-refractivity contribution in [3.63, 3.8) is 0 Å². The summed E-state index contributed by atoms with van der Waals surface area (Å²) in [5.41, 5.74) is 2.65. The van der Waals surface area contributed by atoms with E-state index in [0.717, 1.165) is 17.2 Å². The highest BCUT2D eigenvalue weighted by molar-refractivity contribution is 7.98. The molecule has 170 valence electrons. The molecule has 5 rings (SSSR count). The zero-order valence-corrected chi connectivity index (χ0v) is 18.9. The van der Waals surface area contributed by atoms with E-state index in [9.17, 15) is 15.2 Å². The lowest BCUT2D eigenvalue weighted by Gasteiger charge is -2.20. The van der Waals surface area contributed by atoms with E-state index in [2.05, 4.69) is 20.5 Å². The maximum Gasteiger partial charge on any atom is 0.262 e. The van der Waals surface area contributed by atoms with Gasteiger partial charge in [0.1, 0.15) is 0 Å². The summed E-state index contributed by atoms with van der Waals surface area (Å²) in [6.45, 7) is 0. The zero-order chi connectivity index (χ0) is 23.7. The Morgan fingerprint density at radius 3 is 2.71 bits per heavy atom. The molecule has 1 N–H and O–H groups in total. The number of halogens is 1.